The summed E-state index contributed by atoms with van der Waals surface area (Å²) >= 11 is 0. The van der Waals surface area contributed by atoms with E-state index >= 15 is 0 Å². The topological polar surface area (TPSA) is 72.9 Å². The van der Waals surface area contributed by atoms with E-state index in [-0.39, 0.29) is 12.6 Å². The average molecular weight is 319 g/mol. The Bertz CT molecular complexity index is 535. The lowest BCUT2D eigenvalue weighted by molar-refractivity contribution is -0.141. The molecule has 0 saturated carbocycles. The molecule has 1 fully saturated rings. The molecule has 2 N–H and O–H groups in total. The smallest absolute Gasteiger partial charge is 0.317 e. The fraction of sp³-hybridized carbons (Fsp3) is 0.529. The summed E-state index contributed by atoms with van der Waals surface area (Å²) in [5.74, 6) is -1.03. The first kappa shape index (κ1) is 17.1. The van der Waals surface area contributed by atoms with E-state index < -0.39 is 11.9 Å². The predicted molar refractivity (Wildman–Crippen MR) is 89.6 cm³/mol. The lowest BCUT2D eigenvalue weighted by Gasteiger charge is -2.22. The number of nitrogens with zero attached hydrogens (tertiary/aromatic N) is 2. The van der Waals surface area contributed by atoms with Gasteiger partial charge in [0.25, 0.3) is 0 Å². The molecule has 0 aromatic heterocycles. The van der Waals surface area contributed by atoms with E-state index in [0.717, 1.165) is 19.5 Å². The van der Waals surface area contributed by atoms with E-state index in [1.54, 1.807) is 14.0 Å². The Morgan fingerprint density at radius 1 is 1.39 bits per heavy atom. The Labute approximate surface area is 137 Å². The molecule has 0 spiro atoms. The van der Waals surface area contributed by atoms with E-state index in [1.807, 2.05) is 18.2 Å². The van der Waals surface area contributed by atoms with Crippen LogP contribution in [-0.2, 0) is 4.79 Å². The maximum absolute atomic E-state index is 12.0. The molecule has 1 aliphatic rings. The number of hydrogen-bond acceptors (Lipinski definition) is 3. The normalized spacial score (nSPS) is 18.5. The monoisotopic (exact) mass is 319 g/mol. The molecule has 2 unspecified atom stereocenters. The molecule has 126 valence electrons. The van der Waals surface area contributed by atoms with Crippen LogP contribution in [0.5, 0.6) is 0 Å². The van der Waals surface area contributed by atoms with Gasteiger partial charge in [-0.05, 0) is 24.5 Å². The van der Waals surface area contributed by atoms with E-state index in [9.17, 15) is 9.59 Å². The number of nitrogens with one attached hydrogen (secondary N) is 1. The van der Waals surface area contributed by atoms with Crippen LogP contribution < -0.4 is 10.2 Å². The number of anilines is 1. The summed E-state index contributed by atoms with van der Waals surface area (Å²) in [5, 5.41) is 11.8. The van der Waals surface area contributed by atoms with Crippen LogP contribution in [0.4, 0.5) is 10.5 Å². The summed E-state index contributed by atoms with van der Waals surface area (Å²) in [6.07, 6.45) is 1.05. The van der Waals surface area contributed by atoms with Gasteiger partial charge >= 0.3 is 12.0 Å². The van der Waals surface area contributed by atoms with Gasteiger partial charge in [-0.15, -0.1) is 0 Å². The highest BCUT2D eigenvalue weighted by atomic mass is 16.4. The number of urea groups is 1. The van der Waals surface area contributed by atoms with Gasteiger partial charge in [0.2, 0.25) is 0 Å². The van der Waals surface area contributed by atoms with Crippen LogP contribution in [-0.4, -0.2) is 55.2 Å². The van der Waals surface area contributed by atoms with Crippen molar-refractivity contribution in [1.82, 2.24) is 10.2 Å². The van der Waals surface area contributed by atoms with Crippen molar-refractivity contribution >= 4 is 17.7 Å². The van der Waals surface area contributed by atoms with Crippen molar-refractivity contribution in [2.24, 2.45) is 11.8 Å². The fourth-order valence-corrected chi connectivity index (χ4v) is 2.81. The molecule has 6 heteroatoms. The van der Waals surface area contributed by atoms with E-state index in [2.05, 4.69) is 22.3 Å². The minimum Gasteiger partial charge on any atom is -0.481 e. The van der Waals surface area contributed by atoms with Gasteiger partial charge in [-0.2, -0.15) is 0 Å². The number of carbonyl (C=O) groups is 2. The molecule has 1 saturated heterocycles. The third kappa shape index (κ3) is 4.87. The molecule has 1 heterocycles. The molecule has 0 aliphatic carbocycles. The summed E-state index contributed by atoms with van der Waals surface area (Å²) in [5.41, 5.74) is 1.22. The lowest BCUT2D eigenvalue weighted by atomic mass is 10.1. The first-order valence-electron chi connectivity index (χ1n) is 7.99. The fourth-order valence-electron chi connectivity index (χ4n) is 2.81. The third-order valence-electron chi connectivity index (χ3n) is 4.27. The lowest BCUT2D eigenvalue weighted by Crippen LogP contribution is -2.42. The summed E-state index contributed by atoms with van der Waals surface area (Å²) in [6.45, 7) is 4.35. The van der Waals surface area contributed by atoms with Crippen molar-refractivity contribution in [2.45, 2.75) is 13.3 Å². The second-order valence-corrected chi connectivity index (χ2v) is 6.24. The number of rotatable bonds is 6. The third-order valence-corrected chi connectivity index (χ3v) is 4.27. The Morgan fingerprint density at radius 3 is 2.74 bits per heavy atom. The van der Waals surface area contributed by atoms with Crippen molar-refractivity contribution in [3.8, 4) is 0 Å². The van der Waals surface area contributed by atoms with Crippen molar-refractivity contribution < 1.29 is 14.7 Å². The second-order valence-electron chi connectivity index (χ2n) is 6.24. The van der Waals surface area contributed by atoms with Gasteiger partial charge in [-0.1, -0.05) is 25.1 Å². The minimum atomic E-state index is -0.890. The maximum atomic E-state index is 12.0. The van der Waals surface area contributed by atoms with Gasteiger partial charge in [-0.3, -0.25) is 4.79 Å². The summed E-state index contributed by atoms with van der Waals surface area (Å²) in [4.78, 5) is 26.6. The quantitative estimate of drug-likeness (QED) is 0.839. The number of amides is 2. The molecule has 1 aromatic carbocycles. The number of para-hydroxylation sites is 1. The van der Waals surface area contributed by atoms with Gasteiger partial charge in [0, 0.05) is 38.9 Å². The molecule has 1 aliphatic heterocycles. The van der Waals surface area contributed by atoms with Crippen molar-refractivity contribution in [2.75, 3.05) is 38.1 Å². The predicted octanol–water partition coefficient (Wildman–Crippen LogP) is 1.87. The number of carboxylic acid groups (broad SMARTS) is 1. The Balaban J connectivity index is 1.74. The van der Waals surface area contributed by atoms with Crippen LogP contribution in [0.3, 0.4) is 0 Å². The van der Waals surface area contributed by atoms with Crippen LogP contribution >= 0.6 is 0 Å². The van der Waals surface area contributed by atoms with E-state index in [0.29, 0.717) is 12.5 Å². The zero-order chi connectivity index (χ0) is 16.8. The van der Waals surface area contributed by atoms with Gasteiger partial charge < -0.3 is 20.2 Å². The molecule has 0 bridgehead atoms. The molecule has 2 atom stereocenters. The van der Waals surface area contributed by atoms with E-state index in [4.69, 9.17) is 5.11 Å². The molecule has 23 heavy (non-hydrogen) atoms. The largest absolute Gasteiger partial charge is 0.481 e. The van der Waals surface area contributed by atoms with Gasteiger partial charge in [0.1, 0.15) is 0 Å². The molecular weight excluding hydrogens is 294 g/mol. The Kier molecular flexibility index (Phi) is 5.84. The zero-order valence-corrected chi connectivity index (χ0v) is 13.7. The first-order chi connectivity index (χ1) is 11.0. The SMILES string of the molecule is CC(CN(C)C(=O)NCC1CCN(c2ccccc2)C1)C(=O)O. The molecule has 6 nitrogen and oxygen atoms in total. The number of carboxylic acids is 1. The highest BCUT2D eigenvalue weighted by Crippen LogP contribution is 2.22. The van der Waals surface area contributed by atoms with E-state index in [1.165, 1.54) is 10.6 Å². The van der Waals surface area contributed by atoms with Crippen LogP contribution in [0.2, 0.25) is 0 Å². The number of benzene rings is 1. The maximum Gasteiger partial charge on any atom is 0.317 e. The average Bonchev–Trinajstić information content (AvgIpc) is 3.02. The number of aliphatic carboxylic acids is 1. The Morgan fingerprint density at radius 2 is 2.09 bits per heavy atom. The van der Waals surface area contributed by atoms with Crippen molar-refractivity contribution in [1.29, 1.82) is 0 Å². The van der Waals surface area contributed by atoms with Gasteiger partial charge in [0.05, 0.1) is 5.92 Å². The van der Waals surface area contributed by atoms with Gasteiger partial charge in [0.15, 0.2) is 0 Å². The first-order valence-corrected chi connectivity index (χ1v) is 7.99. The standard InChI is InChI=1S/C17H25N3O3/c1-13(16(21)22)11-19(2)17(23)18-10-14-8-9-20(12-14)15-6-4-3-5-7-15/h3-7,13-14H,8-12H2,1-2H3,(H,18,23)(H,21,22). The summed E-state index contributed by atoms with van der Waals surface area (Å²) < 4.78 is 0. The Hall–Kier alpha value is -2.24. The summed E-state index contributed by atoms with van der Waals surface area (Å²) in [7, 11) is 1.62. The second kappa shape index (κ2) is 7.85. The molecular formula is C17H25N3O3. The van der Waals surface area contributed by atoms with Crippen molar-refractivity contribution in [3.05, 3.63) is 30.3 Å². The minimum absolute atomic E-state index is 0.210. The zero-order valence-electron chi connectivity index (χ0n) is 13.7. The van der Waals surface area contributed by atoms with Crippen molar-refractivity contribution in [3.63, 3.8) is 0 Å². The molecule has 2 rings (SSSR count). The number of carbonyl (C=O) groups excluding carboxylic acids is 1. The highest BCUT2D eigenvalue weighted by molar-refractivity contribution is 5.75. The molecule has 1 aromatic rings. The van der Waals surface area contributed by atoms with Gasteiger partial charge in [-0.25, -0.2) is 4.79 Å². The molecule has 0 radical (unpaired) electrons. The molecule has 2 amide bonds. The van der Waals surface area contributed by atoms with Crippen LogP contribution in [0.15, 0.2) is 30.3 Å². The summed E-state index contributed by atoms with van der Waals surface area (Å²) in [6, 6.07) is 10.1. The van der Waals surface area contributed by atoms with Crippen LogP contribution in [0, 0.1) is 11.8 Å². The van der Waals surface area contributed by atoms with Crippen LogP contribution in [0.25, 0.3) is 0 Å². The van der Waals surface area contributed by atoms with Crippen LogP contribution in [0.1, 0.15) is 13.3 Å². The number of hydrogen-bond donors (Lipinski definition) is 2. The highest BCUT2D eigenvalue weighted by Gasteiger charge is 2.24.